The molecule has 0 aliphatic carbocycles. The molecule has 1 N–H and O–H groups in total. The number of amides is 1. The summed E-state index contributed by atoms with van der Waals surface area (Å²) in [4.78, 5) is 16.9. The highest BCUT2D eigenvalue weighted by atomic mass is 16.1. The molecule has 0 saturated heterocycles. The highest BCUT2D eigenvalue weighted by Crippen LogP contribution is 2.21. The molecule has 0 saturated carbocycles. The first-order chi connectivity index (χ1) is 9.02. The Balaban J connectivity index is 2.54. The highest BCUT2D eigenvalue weighted by Gasteiger charge is 2.14. The maximum Gasteiger partial charge on any atom is 0.252 e. The Morgan fingerprint density at radius 1 is 1.37 bits per heavy atom. The number of hydrogen-bond donors (Lipinski definition) is 1. The molecule has 1 heterocycles. The monoisotopic (exact) mass is 256 g/mol. The quantitative estimate of drug-likeness (QED) is 0.914. The molecular formula is C16H20N2O. The highest BCUT2D eigenvalue weighted by molar-refractivity contribution is 6.06. The van der Waals surface area contributed by atoms with Gasteiger partial charge in [-0.3, -0.25) is 9.78 Å². The van der Waals surface area contributed by atoms with E-state index in [1.807, 2.05) is 45.0 Å². The van der Waals surface area contributed by atoms with Gasteiger partial charge in [0.15, 0.2) is 0 Å². The first kappa shape index (κ1) is 13.5. The first-order valence-electron chi connectivity index (χ1n) is 6.70. The number of rotatable bonds is 3. The largest absolute Gasteiger partial charge is 0.350 e. The fraction of sp³-hybridized carbons (Fsp3) is 0.375. The Morgan fingerprint density at radius 2 is 2.11 bits per heavy atom. The standard InChI is InChI=1S/C16H20N2O/c1-5-11(3)18-16(19)14-9-12(4)17-15-10(2)7-6-8-13(14)15/h6-9,11H,5H2,1-4H3,(H,18,19)/t11-/m1/s1. The van der Waals surface area contributed by atoms with Gasteiger partial charge < -0.3 is 5.32 Å². The molecule has 0 fully saturated rings. The number of para-hydroxylation sites is 1. The van der Waals surface area contributed by atoms with Crippen molar-refractivity contribution in [3.8, 4) is 0 Å². The molecule has 0 unspecified atom stereocenters. The molecule has 1 aromatic heterocycles. The second-order valence-electron chi connectivity index (χ2n) is 5.07. The van der Waals surface area contributed by atoms with Gasteiger partial charge in [0, 0.05) is 17.1 Å². The molecule has 0 aliphatic rings. The molecule has 3 nitrogen and oxygen atoms in total. The van der Waals surface area contributed by atoms with Gasteiger partial charge in [-0.1, -0.05) is 25.1 Å². The normalized spacial score (nSPS) is 12.4. The summed E-state index contributed by atoms with van der Waals surface area (Å²) in [6, 6.07) is 7.99. The average Bonchev–Trinajstić information content (AvgIpc) is 2.38. The molecular weight excluding hydrogens is 236 g/mol. The number of benzene rings is 1. The van der Waals surface area contributed by atoms with Crippen molar-refractivity contribution in [2.45, 2.75) is 40.2 Å². The molecule has 19 heavy (non-hydrogen) atoms. The Hall–Kier alpha value is -1.90. The van der Waals surface area contributed by atoms with Gasteiger partial charge in [-0.15, -0.1) is 0 Å². The third-order valence-electron chi connectivity index (χ3n) is 3.40. The van der Waals surface area contributed by atoms with Crippen molar-refractivity contribution in [3.05, 3.63) is 41.1 Å². The van der Waals surface area contributed by atoms with E-state index in [0.29, 0.717) is 5.56 Å². The number of hydrogen-bond acceptors (Lipinski definition) is 2. The number of aryl methyl sites for hydroxylation is 2. The van der Waals surface area contributed by atoms with Crippen LogP contribution in [0.3, 0.4) is 0 Å². The number of pyridine rings is 1. The Labute approximate surface area is 114 Å². The Kier molecular flexibility index (Phi) is 3.84. The molecule has 3 heteroatoms. The smallest absolute Gasteiger partial charge is 0.252 e. The van der Waals surface area contributed by atoms with E-state index >= 15 is 0 Å². The summed E-state index contributed by atoms with van der Waals surface area (Å²) in [6.07, 6.45) is 0.923. The molecule has 0 radical (unpaired) electrons. The van der Waals surface area contributed by atoms with E-state index in [1.165, 1.54) is 0 Å². The van der Waals surface area contributed by atoms with Crippen molar-refractivity contribution < 1.29 is 4.79 Å². The molecule has 2 rings (SSSR count). The average molecular weight is 256 g/mol. The minimum atomic E-state index is -0.0181. The number of fused-ring (bicyclic) bond motifs is 1. The van der Waals surface area contributed by atoms with E-state index in [1.54, 1.807) is 0 Å². The topological polar surface area (TPSA) is 42.0 Å². The van der Waals surface area contributed by atoms with Crippen LogP contribution in [0.15, 0.2) is 24.3 Å². The molecule has 0 aliphatic heterocycles. The van der Waals surface area contributed by atoms with Crippen LogP contribution < -0.4 is 5.32 Å². The fourth-order valence-corrected chi connectivity index (χ4v) is 2.11. The molecule has 1 amide bonds. The molecule has 2 aromatic rings. The van der Waals surface area contributed by atoms with Crippen LogP contribution in [0.2, 0.25) is 0 Å². The van der Waals surface area contributed by atoms with Gasteiger partial charge in [-0.2, -0.15) is 0 Å². The summed E-state index contributed by atoms with van der Waals surface area (Å²) in [6.45, 7) is 8.02. The van der Waals surface area contributed by atoms with Crippen molar-refractivity contribution in [3.63, 3.8) is 0 Å². The molecule has 1 aromatic carbocycles. The predicted molar refractivity (Wildman–Crippen MR) is 78.4 cm³/mol. The van der Waals surface area contributed by atoms with E-state index in [9.17, 15) is 4.79 Å². The number of aromatic nitrogens is 1. The minimum absolute atomic E-state index is 0.0181. The third-order valence-corrected chi connectivity index (χ3v) is 3.40. The van der Waals surface area contributed by atoms with Crippen molar-refractivity contribution in [2.24, 2.45) is 0 Å². The van der Waals surface area contributed by atoms with Crippen LogP contribution in [0.1, 0.15) is 41.9 Å². The lowest BCUT2D eigenvalue weighted by molar-refractivity contribution is 0.0941. The summed E-state index contributed by atoms with van der Waals surface area (Å²) in [5, 5.41) is 3.94. The maximum absolute atomic E-state index is 12.4. The minimum Gasteiger partial charge on any atom is -0.350 e. The van der Waals surface area contributed by atoms with Crippen LogP contribution in [-0.4, -0.2) is 16.9 Å². The second-order valence-corrected chi connectivity index (χ2v) is 5.07. The van der Waals surface area contributed by atoms with Gasteiger partial charge in [0.1, 0.15) is 0 Å². The Bertz CT molecular complexity index is 619. The van der Waals surface area contributed by atoms with Crippen LogP contribution in [0.4, 0.5) is 0 Å². The van der Waals surface area contributed by atoms with Crippen LogP contribution in [0, 0.1) is 13.8 Å². The van der Waals surface area contributed by atoms with Gasteiger partial charge >= 0.3 is 0 Å². The number of nitrogens with one attached hydrogen (secondary N) is 1. The lowest BCUT2D eigenvalue weighted by atomic mass is 10.0. The van der Waals surface area contributed by atoms with Crippen molar-refractivity contribution in [1.82, 2.24) is 10.3 Å². The zero-order chi connectivity index (χ0) is 14.0. The Morgan fingerprint density at radius 3 is 2.79 bits per heavy atom. The second kappa shape index (κ2) is 5.39. The number of carbonyl (C=O) groups excluding carboxylic acids is 1. The van der Waals surface area contributed by atoms with Crippen molar-refractivity contribution >= 4 is 16.8 Å². The lowest BCUT2D eigenvalue weighted by Crippen LogP contribution is -2.32. The van der Waals surface area contributed by atoms with Gasteiger partial charge in [0.2, 0.25) is 0 Å². The SMILES string of the molecule is CC[C@@H](C)NC(=O)c1cc(C)nc2c(C)cccc12. The molecule has 100 valence electrons. The predicted octanol–water partition coefficient (Wildman–Crippen LogP) is 3.38. The van der Waals surface area contributed by atoms with Crippen LogP contribution >= 0.6 is 0 Å². The van der Waals surface area contributed by atoms with Crippen LogP contribution in [-0.2, 0) is 0 Å². The van der Waals surface area contributed by atoms with E-state index in [2.05, 4.69) is 17.2 Å². The summed E-state index contributed by atoms with van der Waals surface area (Å²) in [5.74, 6) is -0.0181. The number of nitrogens with zero attached hydrogens (tertiary/aromatic N) is 1. The van der Waals surface area contributed by atoms with E-state index in [-0.39, 0.29) is 11.9 Å². The molecule has 0 spiro atoms. The first-order valence-corrected chi connectivity index (χ1v) is 6.70. The summed E-state index contributed by atoms with van der Waals surface area (Å²) < 4.78 is 0. The van der Waals surface area contributed by atoms with Crippen molar-refractivity contribution in [1.29, 1.82) is 0 Å². The van der Waals surface area contributed by atoms with E-state index in [4.69, 9.17) is 0 Å². The molecule has 1 atom stereocenters. The van der Waals surface area contributed by atoms with E-state index < -0.39 is 0 Å². The van der Waals surface area contributed by atoms with Crippen LogP contribution in [0.5, 0.6) is 0 Å². The third kappa shape index (κ3) is 2.75. The maximum atomic E-state index is 12.4. The van der Waals surface area contributed by atoms with Gasteiger partial charge in [-0.25, -0.2) is 0 Å². The van der Waals surface area contributed by atoms with Crippen molar-refractivity contribution in [2.75, 3.05) is 0 Å². The fourth-order valence-electron chi connectivity index (χ4n) is 2.11. The summed E-state index contributed by atoms with van der Waals surface area (Å²) in [7, 11) is 0. The zero-order valence-corrected chi connectivity index (χ0v) is 11.9. The summed E-state index contributed by atoms with van der Waals surface area (Å²) >= 11 is 0. The zero-order valence-electron chi connectivity index (χ0n) is 11.9. The number of carbonyl (C=O) groups is 1. The van der Waals surface area contributed by atoms with Crippen LogP contribution in [0.25, 0.3) is 10.9 Å². The lowest BCUT2D eigenvalue weighted by Gasteiger charge is -2.14. The van der Waals surface area contributed by atoms with E-state index in [0.717, 1.165) is 28.6 Å². The summed E-state index contributed by atoms with van der Waals surface area (Å²) in [5.41, 5.74) is 3.60. The van der Waals surface area contributed by atoms with Gasteiger partial charge in [0.05, 0.1) is 11.1 Å². The van der Waals surface area contributed by atoms with Gasteiger partial charge in [0.25, 0.3) is 5.91 Å². The van der Waals surface area contributed by atoms with Gasteiger partial charge in [-0.05, 0) is 38.8 Å². The molecule has 0 bridgehead atoms.